The Hall–Kier alpha value is -3.66. The number of nitrogens with one attached hydrogen (secondary N) is 1. The largest absolute Gasteiger partial charge is 0.452 e. The molecule has 1 fully saturated rings. The second kappa shape index (κ2) is 9.90. The Balaban J connectivity index is 1.51. The third-order valence-corrected chi connectivity index (χ3v) is 5.46. The lowest BCUT2D eigenvalue weighted by molar-refractivity contribution is -0.158. The number of benzene rings is 2. The number of rotatable bonds is 5. The van der Waals surface area contributed by atoms with Gasteiger partial charge >= 0.3 is 5.97 Å². The highest BCUT2D eigenvalue weighted by Crippen LogP contribution is 2.22. The first-order valence-electron chi connectivity index (χ1n) is 10.3. The summed E-state index contributed by atoms with van der Waals surface area (Å²) in [6.07, 6.45) is -0.0182. The molecule has 1 aliphatic rings. The van der Waals surface area contributed by atoms with Crippen LogP contribution >= 0.6 is 0 Å². The number of ether oxygens (including phenoxy) is 1. The first kappa shape index (κ1) is 22.0. The summed E-state index contributed by atoms with van der Waals surface area (Å²) in [6, 6.07) is 16.1. The first-order chi connectivity index (χ1) is 14.9. The van der Waals surface area contributed by atoms with E-state index in [1.807, 2.05) is 37.3 Å². The molecule has 31 heavy (non-hydrogen) atoms. The molecule has 1 heterocycles. The molecule has 0 saturated carbocycles. The van der Waals surface area contributed by atoms with E-state index in [4.69, 9.17) is 10.00 Å². The van der Waals surface area contributed by atoms with Crippen molar-refractivity contribution in [2.45, 2.75) is 32.8 Å². The smallest absolute Gasteiger partial charge is 0.309 e. The first-order valence-corrected chi connectivity index (χ1v) is 10.3. The average molecular weight is 419 g/mol. The zero-order valence-corrected chi connectivity index (χ0v) is 17.6. The minimum absolute atomic E-state index is 0.0335. The van der Waals surface area contributed by atoms with Crippen molar-refractivity contribution < 1.29 is 19.1 Å². The predicted molar refractivity (Wildman–Crippen MR) is 115 cm³/mol. The van der Waals surface area contributed by atoms with Crippen LogP contribution in [0, 0.1) is 24.2 Å². The molecule has 160 valence electrons. The number of amides is 2. The van der Waals surface area contributed by atoms with Gasteiger partial charge in [0.2, 0.25) is 0 Å². The summed E-state index contributed by atoms with van der Waals surface area (Å²) in [5.74, 6) is -1.33. The number of hydrogen-bond acceptors (Lipinski definition) is 5. The third kappa shape index (κ3) is 5.28. The maximum atomic E-state index is 12.7. The van der Waals surface area contributed by atoms with Gasteiger partial charge in [0.05, 0.1) is 17.2 Å². The lowest BCUT2D eigenvalue weighted by Gasteiger charge is -2.31. The van der Waals surface area contributed by atoms with Crippen LogP contribution in [0.5, 0.6) is 0 Å². The molecule has 0 aliphatic carbocycles. The molecule has 0 aromatic heterocycles. The number of carbonyl (C=O) groups is 3. The summed E-state index contributed by atoms with van der Waals surface area (Å²) >= 11 is 0. The van der Waals surface area contributed by atoms with Gasteiger partial charge in [0, 0.05) is 18.7 Å². The molecule has 1 atom stereocenters. The number of likely N-dealkylation sites (tertiary alicyclic amines) is 1. The normalized spacial score (nSPS) is 14.9. The van der Waals surface area contributed by atoms with Crippen molar-refractivity contribution >= 4 is 23.5 Å². The van der Waals surface area contributed by atoms with Crippen molar-refractivity contribution in [2.75, 3.05) is 18.4 Å². The molecule has 2 amide bonds. The summed E-state index contributed by atoms with van der Waals surface area (Å²) < 4.78 is 5.36. The van der Waals surface area contributed by atoms with E-state index < -0.39 is 18.0 Å². The molecule has 2 aromatic rings. The molecule has 0 bridgehead atoms. The lowest BCUT2D eigenvalue weighted by atomic mass is 9.96. The van der Waals surface area contributed by atoms with Crippen LogP contribution in [0.4, 0.5) is 5.69 Å². The van der Waals surface area contributed by atoms with Gasteiger partial charge in [-0.25, -0.2) is 0 Å². The van der Waals surface area contributed by atoms with E-state index >= 15 is 0 Å². The topological polar surface area (TPSA) is 99.5 Å². The molecule has 1 aliphatic heterocycles. The van der Waals surface area contributed by atoms with Gasteiger partial charge in [0.15, 0.2) is 6.10 Å². The number of hydrogen-bond donors (Lipinski definition) is 1. The van der Waals surface area contributed by atoms with E-state index in [1.54, 1.807) is 29.2 Å². The van der Waals surface area contributed by atoms with Crippen molar-refractivity contribution in [3.8, 4) is 6.07 Å². The second-order valence-electron chi connectivity index (χ2n) is 7.61. The van der Waals surface area contributed by atoms with Gasteiger partial charge in [0.25, 0.3) is 11.8 Å². The number of carbonyl (C=O) groups excluding carboxylic acids is 3. The summed E-state index contributed by atoms with van der Waals surface area (Å²) in [7, 11) is 0. The third-order valence-electron chi connectivity index (χ3n) is 5.46. The lowest BCUT2D eigenvalue weighted by Crippen LogP contribution is -2.42. The molecule has 1 N–H and O–H groups in total. The number of aryl methyl sites for hydroxylation is 1. The van der Waals surface area contributed by atoms with Crippen LogP contribution < -0.4 is 5.32 Å². The highest BCUT2D eigenvalue weighted by molar-refractivity contribution is 5.97. The highest BCUT2D eigenvalue weighted by atomic mass is 16.5. The van der Waals surface area contributed by atoms with Gasteiger partial charge in [-0.1, -0.05) is 30.3 Å². The number of nitrogens with zero attached hydrogens (tertiary/aromatic N) is 2. The fraction of sp³-hybridized carbons (Fsp3) is 0.333. The standard InChI is InChI=1S/C24H25N3O4/c1-16-7-3-5-9-20(16)23(29)27-13-11-18(12-14-27)24(30)31-17(2)22(28)26-21-10-6-4-8-19(21)15-25/h3-10,17-18H,11-14H2,1-2H3,(H,26,28)/t17-/m0/s1. The Kier molecular flexibility index (Phi) is 7.03. The maximum absolute atomic E-state index is 12.7. The zero-order chi connectivity index (χ0) is 22.4. The number of esters is 1. The SMILES string of the molecule is Cc1ccccc1C(=O)N1CCC(C(=O)O[C@@H](C)C(=O)Nc2ccccc2C#N)CC1. The molecular formula is C24H25N3O4. The van der Waals surface area contributed by atoms with Crippen LogP contribution in [0.3, 0.4) is 0 Å². The van der Waals surface area contributed by atoms with Gasteiger partial charge in [-0.3, -0.25) is 14.4 Å². The van der Waals surface area contributed by atoms with Crippen molar-refractivity contribution in [1.29, 1.82) is 5.26 Å². The van der Waals surface area contributed by atoms with E-state index in [0.29, 0.717) is 42.7 Å². The molecule has 7 nitrogen and oxygen atoms in total. The van der Waals surface area contributed by atoms with Crippen molar-refractivity contribution in [1.82, 2.24) is 4.90 Å². The number of nitriles is 1. The maximum Gasteiger partial charge on any atom is 0.309 e. The van der Waals surface area contributed by atoms with E-state index in [-0.39, 0.29) is 11.8 Å². The molecule has 0 unspecified atom stereocenters. The molecule has 1 saturated heterocycles. The Bertz CT molecular complexity index is 1020. The zero-order valence-electron chi connectivity index (χ0n) is 17.6. The van der Waals surface area contributed by atoms with Crippen molar-refractivity contribution in [3.05, 3.63) is 65.2 Å². The number of anilines is 1. The molecule has 7 heteroatoms. The quantitative estimate of drug-likeness (QED) is 0.750. The summed E-state index contributed by atoms with van der Waals surface area (Å²) in [5, 5.41) is 11.7. The predicted octanol–water partition coefficient (Wildman–Crippen LogP) is 3.29. The van der Waals surface area contributed by atoms with Crippen LogP contribution in [0.15, 0.2) is 48.5 Å². The van der Waals surface area contributed by atoms with Crippen LogP contribution in [-0.2, 0) is 14.3 Å². The van der Waals surface area contributed by atoms with Crippen LogP contribution in [0.2, 0.25) is 0 Å². The van der Waals surface area contributed by atoms with Crippen molar-refractivity contribution in [2.24, 2.45) is 5.92 Å². The average Bonchev–Trinajstić information content (AvgIpc) is 2.79. The van der Waals surface area contributed by atoms with Gasteiger partial charge in [0.1, 0.15) is 6.07 Å². The number of para-hydroxylation sites is 1. The second-order valence-corrected chi connectivity index (χ2v) is 7.61. The minimum Gasteiger partial charge on any atom is -0.452 e. The fourth-order valence-electron chi connectivity index (χ4n) is 3.55. The Morgan fingerprint density at radius 1 is 1.10 bits per heavy atom. The molecular weight excluding hydrogens is 394 g/mol. The number of piperidine rings is 1. The Morgan fingerprint density at radius 3 is 2.42 bits per heavy atom. The van der Waals surface area contributed by atoms with E-state index in [2.05, 4.69) is 5.32 Å². The van der Waals surface area contributed by atoms with Gasteiger partial charge in [-0.2, -0.15) is 5.26 Å². The monoisotopic (exact) mass is 419 g/mol. The van der Waals surface area contributed by atoms with E-state index in [0.717, 1.165) is 5.56 Å². The summed E-state index contributed by atoms with van der Waals surface area (Å²) in [5.41, 5.74) is 2.30. The Morgan fingerprint density at radius 2 is 1.74 bits per heavy atom. The van der Waals surface area contributed by atoms with Gasteiger partial charge in [-0.05, 0) is 50.5 Å². The van der Waals surface area contributed by atoms with Crippen LogP contribution in [0.1, 0.15) is 41.3 Å². The fourth-order valence-corrected chi connectivity index (χ4v) is 3.55. The molecule has 0 radical (unpaired) electrons. The van der Waals surface area contributed by atoms with E-state index in [1.165, 1.54) is 6.92 Å². The molecule has 2 aromatic carbocycles. The summed E-state index contributed by atoms with van der Waals surface area (Å²) in [6.45, 7) is 4.32. The summed E-state index contributed by atoms with van der Waals surface area (Å²) in [4.78, 5) is 39.4. The minimum atomic E-state index is -0.995. The van der Waals surface area contributed by atoms with E-state index in [9.17, 15) is 14.4 Å². The molecule has 3 rings (SSSR count). The molecule has 0 spiro atoms. The van der Waals surface area contributed by atoms with Gasteiger partial charge < -0.3 is 15.0 Å². The van der Waals surface area contributed by atoms with Crippen LogP contribution in [-0.4, -0.2) is 41.9 Å². The Labute approximate surface area is 181 Å². The van der Waals surface area contributed by atoms with Crippen LogP contribution in [0.25, 0.3) is 0 Å². The highest BCUT2D eigenvalue weighted by Gasteiger charge is 2.31. The van der Waals surface area contributed by atoms with Crippen molar-refractivity contribution in [3.63, 3.8) is 0 Å². The van der Waals surface area contributed by atoms with Gasteiger partial charge in [-0.15, -0.1) is 0 Å².